The molecule has 0 radical (unpaired) electrons. The minimum atomic E-state index is -1.04. The monoisotopic (exact) mass is 342 g/mol. The van der Waals surface area contributed by atoms with Crippen molar-refractivity contribution in [1.29, 1.82) is 0 Å². The molecular formula is C18H19FN4O2. The molecule has 6 nitrogen and oxygen atoms in total. The van der Waals surface area contributed by atoms with Gasteiger partial charge in [-0.2, -0.15) is 0 Å². The van der Waals surface area contributed by atoms with Gasteiger partial charge in [-0.05, 0) is 42.7 Å². The van der Waals surface area contributed by atoms with Crippen LogP contribution in [0.3, 0.4) is 0 Å². The van der Waals surface area contributed by atoms with Gasteiger partial charge in [-0.1, -0.05) is 12.1 Å². The lowest BCUT2D eigenvalue weighted by atomic mass is 10.1. The molecule has 0 bridgehead atoms. The summed E-state index contributed by atoms with van der Waals surface area (Å²) >= 11 is 0. The molecule has 0 saturated carbocycles. The first kappa shape index (κ1) is 16.9. The van der Waals surface area contributed by atoms with Crippen molar-refractivity contribution < 1.29 is 14.0 Å². The molecule has 25 heavy (non-hydrogen) atoms. The van der Waals surface area contributed by atoms with Crippen molar-refractivity contribution in [2.45, 2.75) is 18.9 Å². The molecule has 7 heteroatoms. The van der Waals surface area contributed by atoms with Crippen LogP contribution < -0.4 is 16.0 Å². The van der Waals surface area contributed by atoms with Crippen molar-refractivity contribution >= 4 is 17.6 Å². The second-order valence-corrected chi connectivity index (χ2v) is 5.96. The van der Waals surface area contributed by atoms with Crippen LogP contribution in [-0.2, 0) is 4.79 Å². The molecule has 1 aliphatic rings. The molecule has 1 aliphatic heterocycles. The average molecular weight is 342 g/mol. The van der Waals surface area contributed by atoms with E-state index in [0.29, 0.717) is 11.1 Å². The summed E-state index contributed by atoms with van der Waals surface area (Å²) in [7, 11) is 0. The first-order chi connectivity index (χ1) is 12.0. The number of benzene rings is 1. The summed E-state index contributed by atoms with van der Waals surface area (Å²) < 4.78 is 13.0. The SMILES string of the molecule is NC(=O)C(NC(=O)c1ccc(N2CCCC2)nc1)c1ccc(F)cc1. The fraction of sp³-hybridized carbons (Fsp3) is 0.278. The number of pyridine rings is 1. The molecule has 1 fully saturated rings. The number of hydrogen-bond donors (Lipinski definition) is 2. The Morgan fingerprint density at radius 2 is 1.80 bits per heavy atom. The second kappa shape index (κ2) is 7.29. The molecule has 0 spiro atoms. The van der Waals surface area contributed by atoms with E-state index >= 15 is 0 Å². The Hall–Kier alpha value is -2.96. The van der Waals surface area contributed by atoms with Gasteiger partial charge >= 0.3 is 0 Å². The molecule has 1 aromatic carbocycles. The lowest BCUT2D eigenvalue weighted by molar-refractivity contribution is -0.120. The molecule has 3 N–H and O–H groups in total. The van der Waals surface area contributed by atoms with Crippen LogP contribution in [0.4, 0.5) is 10.2 Å². The highest BCUT2D eigenvalue weighted by Gasteiger charge is 2.21. The van der Waals surface area contributed by atoms with E-state index < -0.39 is 23.7 Å². The third-order valence-corrected chi connectivity index (χ3v) is 4.20. The van der Waals surface area contributed by atoms with E-state index in [4.69, 9.17) is 5.73 Å². The van der Waals surface area contributed by atoms with Crippen LogP contribution in [-0.4, -0.2) is 29.9 Å². The summed E-state index contributed by atoms with van der Waals surface area (Å²) in [5, 5.41) is 2.57. The molecular weight excluding hydrogens is 323 g/mol. The number of anilines is 1. The summed E-state index contributed by atoms with van der Waals surface area (Å²) in [6.45, 7) is 1.93. The summed E-state index contributed by atoms with van der Waals surface area (Å²) in [5.74, 6) is -0.783. The Morgan fingerprint density at radius 3 is 2.36 bits per heavy atom. The van der Waals surface area contributed by atoms with Crippen LogP contribution in [0.25, 0.3) is 0 Å². The third-order valence-electron chi connectivity index (χ3n) is 4.20. The van der Waals surface area contributed by atoms with Gasteiger partial charge < -0.3 is 16.0 Å². The predicted molar refractivity (Wildman–Crippen MR) is 91.5 cm³/mol. The van der Waals surface area contributed by atoms with Gasteiger partial charge in [0.25, 0.3) is 5.91 Å². The quantitative estimate of drug-likeness (QED) is 0.867. The number of carbonyl (C=O) groups excluding carboxylic acids is 2. The van der Waals surface area contributed by atoms with Crippen LogP contribution in [0.5, 0.6) is 0 Å². The maximum absolute atomic E-state index is 13.0. The zero-order valence-electron chi connectivity index (χ0n) is 13.6. The van der Waals surface area contributed by atoms with E-state index in [0.717, 1.165) is 31.7 Å². The molecule has 2 aromatic rings. The number of nitrogens with zero attached hydrogens (tertiary/aromatic N) is 2. The number of hydrogen-bond acceptors (Lipinski definition) is 4. The van der Waals surface area contributed by atoms with E-state index in [-0.39, 0.29) is 0 Å². The van der Waals surface area contributed by atoms with Crippen molar-refractivity contribution in [1.82, 2.24) is 10.3 Å². The molecule has 2 amide bonds. The van der Waals surface area contributed by atoms with Crippen LogP contribution >= 0.6 is 0 Å². The highest BCUT2D eigenvalue weighted by atomic mass is 19.1. The maximum Gasteiger partial charge on any atom is 0.253 e. The van der Waals surface area contributed by atoms with E-state index in [1.807, 2.05) is 0 Å². The first-order valence-corrected chi connectivity index (χ1v) is 8.11. The molecule has 3 rings (SSSR count). The van der Waals surface area contributed by atoms with Gasteiger partial charge in [0.2, 0.25) is 5.91 Å². The van der Waals surface area contributed by atoms with Crippen LogP contribution in [0.1, 0.15) is 34.8 Å². The van der Waals surface area contributed by atoms with E-state index in [1.165, 1.54) is 30.5 Å². The Bertz CT molecular complexity index is 756. The molecule has 2 heterocycles. The number of nitrogens with two attached hydrogens (primary N) is 1. The van der Waals surface area contributed by atoms with Gasteiger partial charge in [0.05, 0.1) is 5.56 Å². The van der Waals surface area contributed by atoms with E-state index in [9.17, 15) is 14.0 Å². The largest absolute Gasteiger partial charge is 0.368 e. The second-order valence-electron chi connectivity index (χ2n) is 5.96. The molecule has 0 aliphatic carbocycles. The van der Waals surface area contributed by atoms with Crippen molar-refractivity contribution in [3.8, 4) is 0 Å². The summed E-state index contributed by atoms with van der Waals surface area (Å²) in [6, 6.07) is 7.68. The average Bonchev–Trinajstić information content (AvgIpc) is 3.15. The molecule has 130 valence electrons. The van der Waals surface area contributed by atoms with Gasteiger partial charge in [-0.25, -0.2) is 9.37 Å². The zero-order chi connectivity index (χ0) is 17.8. The molecule has 1 unspecified atom stereocenters. The summed E-state index contributed by atoms with van der Waals surface area (Å²) in [5.41, 5.74) is 6.12. The van der Waals surface area contributed by atoms with Crippen LogP contribution in [0, 0.1) is 5.82 Å². The topological polar surface area (TPSA) is 88.3 Å². The number of carbonyl (C=O) groups is 2. The highest BCUT2D eigenvalue weighted by molar-refractivity contribution is 5.97. The minimum absolute atomic E-state index is 0.330. The van der Waals surface area contributed by atoms with Crippen LogP contribution in [0.15, 0.2) is 42.6 Å². The van der Waals surface area contributed by atoms with Crippen molar-refractivity contribution in [3.63, 3.8) is 0 Å². The smallest absolute Gasteiger partial charge is 0.253 e. The Kier molecular flexibility index (Phi) is 4.92. The number of rotatable bonds is 5. The third kappa shape index (κ3) is 3.93. The standard InChI is InChI=1S/C18H19FN4O2/c19-14-6-3-12(4-7-14)16(17(20)24)22-18(25)13-5-8-15(21-11-13)23-9-1-2-10-23/h3-8,11,16H,1-2,9-10H2,(H2,20,24)(H,22,25). The maximum atomic E-state index is 13.0. The van der Waals surface area contributed by atoms with Crippen molar-refractivity contribution in [2.75, 3.05) is 18.0 Å². The predicted octanol–water partition coefficient (Wildman–Crippen LogP) is 1.78. The Labute approximate surface area is 144 Å². The van der Waals surface area contributed by atoms with Gasteiger partial charge in [-0.15, -0.1) is 0 Å². The summed E-state index contributed by atoms with van der Waals surface area (Å²) in [4.78, 5) is 30.5. The van der Waals surface area contributed by atoms with Crippen molar-refractivity contribution in [3.05, 3.63) is 59.5 Å². The lowest BCUT2D eigenvalue weighted by Crippen LogP contribution is -2.37. The Morgan fingerprint density at radius 1 is 1.12 bits per heavy atom. The molecule has 1 saturated heterocycles. The number of nitrogens with one attached hydrogen (secondary N) is 1. The number of halogens is 1. The summed E-state index contributed by atoms with van der Waals surface area (Å²) in [6.07, 6.45) is 3.76. The minimum Gasteiger partial charge on any atom is -0.368 e. The van der Waals surface area contributed by atoms with Gasteiger partial charge in [0.1, 0.15) is 17.7 Å². The number of amides is 2. The highest BCUT2D eigenvalue weighted by Crippen LogP contribution is 2.18. The fourth-order valence-corrected chi connectivity index (χ4v) is 2.84. The fourth-order valence-electron chi connectivity index (χ4n) is 2.84. The Balaban J connectivity index is 1.72. The number of primary amides is 1. The first-order valence-electron chi connectivity index (χ1n) is 8.11. The zero-order valence-corrected chi connectivity index (χ0v) is 13.6. The van der Waals surface area contributed by atoms with Gasteiger partial charge in [-0.3, -0.25) is 9.59 Å². The van der Waals surface area contributed by atoms with Gasteiger partial charge in [0.15, 0.2) is 0 Å². The molecule has 1 atom stereocenters. The normalized spacial score (nSPS) is 15.0. The van der Waals surface area contributed by atoms with Crippen molar-refractivity contribution in [2.24, 2.45) is 5.73 Å². The number of aromatic nitrogens is 1. The molecule has 1 aromatic heterocycles. The van der Waals surface area contributed by atoms with Crippen LogP contribution in [0.2, 0.25) is 0 Å². The van der Waals surface area contributed by atoms with Gasteiger partial charge in [0, 0.05) is 19.3 Å². The van der Waals surface area contributed by atoms with E-state index in [1.54, 1.807) is 12.1 Å². The van der Waals surface area contributed by atoms with E-state index in [2.05, 4.69) is 15.2 Å². The lowest BCUT2D eigenvalue weighted by Gasteiger charge is -2.18.